The summed E-state index contributed by atoms with van der Waals surface area (Å²) in [6, 6.07) is 4.87. The Morgan fingerprint density at radius 1 is 1.20 bits per heavy atom. The van der Waals surface area contributed by atoms with Crippen molar-refractivity contribution in [2.45, 2.75) is 6.42 Å². The second-order valence-corrected chi connectivity index (χ2v) is 5.24. The van der Waals surface area contributed by atoms with Crippen molar-refractivity contribution in [1.29, 1.82) is 0 Å². The molecule has 2 N–H and O–H groups in total. The van der Waals surface area contributed by atoms with E-state index in [9.17, 15) is 9.59 Å². The van der Waals surface area contributed by atoms with Crippen LogP contribution < -0.4 is 10.6 Å². The maximum absolute atomic E-state index is 12.1. The van der Waals surface area contributed by atoms with Crippen LogP contribution in [0.5, 0.6) is 0 Å². The average molecular weight is 316 g/mol. The van der Waals surface area contributed by atoms with Gasteiger partial charge in [-0.05, 0) is 25.1 Å². The fraction of sp³-hybridized carbons (Fsp3) is 0.385. The SMILES string of the molecule is O=C(Nc1cccc(Cl)c1Cl)C(=O)N1CCCNCC1. The van der Waals surface area contributed by atoms with Crippen LogP contribution in [-0.4, -0.2) is 42.9 Å². The number of hydrogen-bond donors (Lipinski definition) is 2. The van der Waals surface area contributed by atoms with E-state index in [2.05, 4.69) is 10.6 Å². The summed E-state index contributed by atoms with van der Waals surface area (Å²) in [4.78, 5) is 25.6. The van der Waals surface area contributed by atoms with Gasteiger partial charge in [0.2, 0.25) is 0 Å². The number of nitrogens with one attached hydrogen (secondary N) is 2. The zero-order chi connectivity index (χ0) is 14.5. The molecule has 1 saturated heterocycles. The van der Waals surface area contributed by atoms with Gasteiger partial charge in [-0.15, -0.1) is 0 Å². The molecule has 0 aliphatic carbocycles. The van der Waals surface area contributed by atoms with Crippen molar-refractivity contribution in [3.05, 3.63) is 28.2 Å². The number of carbonyl (C=O) groups is 2. The Bertz CT molecular complexity index is 514. The quantitative estimate of drug-likeness (QED) is 0.776. The number of rotatable bonds is 1. The molecular weight excluding hydrogens is 301 g/mol. The normalized spacial score (nSPS) is 15.6. The molecule has 1 fully saturated rings. The first kappa shape index (κ1) is 15.1. The first-order valence-corrected chi connectivity index (χ1v) is 7.10. The molecule has 1 aromatic carbocycles. The van der Waals surface area contributed by atoms with E-state index in [4.69, 9.17) is 23.2 Å². The van der Waals surface area contributed by atoms with Crippen molar-refractivity contribution in [1.82, 2.24) is 10.2 Å². The van der Waals surface area contributed by atoms with Crippen LogP contribution in [0.2, 0.25) is 10.0 Å². The summed E-state index contributed by atoms with van der Waals surface area (Å²) in [5.41, 5.74) is 0.338. The standard InChI is InChI=1S/C13H15Cl2N3O2/c14-9-3-1-4-10(11(9)15)17-12(19)13(20)18-7-2-5-16-6-8-18/h1,3-4,16H,2,5-8H2,(H,17,19). The first-order valence-electron chi connectivity index (χ1n) is 6.34. The van der Waals surface area contributed by atoms with Gasteiger partial charge in [-0.1, -0.05) is 29.3 Å². The minimum absolute atomic E-state index is 0.229. The van der Waals surface area contributed by atoms with Gasteiger partial charge in [0.25, 0.3) is 0 Å². The van der Waals surface area contributed by atoms with E-state index in [-0.39, 0.29) is 5.02 Å². The van der Waals surface area contributed by atoms with Gasteiger partial charge in [0.1, 0.15) is 0 Å². The van der Waals surface area contributed by atoms with Crippen LogP contribution in [0.15, 0.2) is 18.2 Å². The average Bonchev–Trinajstić information content (AvgIpc) is 2.72. The Morgan fingerprint density at radius 2 is 2.00 bits per heavy atom. The van der Waals surface area contributed by atoms with Crippen LogP contribution in [0.4, 0.5) is 5.69 Å². The predicted octanol–water partition coefficient (Wildman–Crippen LogP) is 1.75. The number of nitrogens with zero attached hydrogens (tertiary/aromatic N) is 1. The molecule has 0 spiro atoms. The summed E-state index contributed by atoms with van der Waals surface area (Å²) in [6.07, 6.45) is 0.830. The Morgan fingerprint density at radius 3 is 2.80 bits per heavy atom. The summed E-state index contributed by atoms with van der Waals surface area (Å²) in [7, 11) is 0. The Balaban J connectivity index is 2.03. The molecule has 20 heavy (non-hydrogen) atoms. The van der Waals surface area contributed by atoms with E-state index in [1.165, 1.54) is 4.90 Å². The van der Waals surface area contributed by atoms with E-state index in [1.54, 1.807) is 18.2 Å². The minimum atomic E-state index is -0.698. The molecule has 108 valence electrons. The number of benzene rings is 1. The largest absolute Gasteiger partial charge is 0.333 e. The molecule has 0 unspecified atom stereocenters. The molecule has 0 saturated carbocycles. The number of carbonyl (C=O) groups excluding carboxylic acids is 2. The molecule has 1 aliphatic rings. The third-order valence-electron chi connectivity index (χ3n) is 3.02. The van der Waals surface area contributed by atoms with Gasteiger partial charge in [0.15, 0.2) is 0 Å². The fourth-order valence-electron chi connectivity index (χ4n) is 1.97. The maximum Gasteiger partial charge on any atom is 0.313 e. The van der Waals surface area contributed by atoms with Crippen molar-refractivity contribution in [2.24, 2.45) is 0 Å². The van der Waals surface area contributed by atoms with Gasteiger partial charge in [0.05, 0.1) is 15.7 Å². The lowest BCUT2D eigenvalue weighted by molar-refractivity contribution is -0.143. The number of anilines is 1. The van der Waals surface area contributed by atoms with E-state index in [0.29, 0.717) is 30.3 Å². The Labute approximate surface area is 127 Å². The first-order chi connectivity index (χ1) is 9.59. The van der Waals surface area contributed by atoms with Crippen molar-refractivity contribution >= 4 is 40.7 Å². The monoisotopic (exact) mass is 315 g/mol. The lowest BCUT2D eigenvalue weighted by atomic mass is 10.3. The van der Waals surface area contributed by atoms with E-state index in [1.807, 2.05) is 0 Å². The van der Waals surface area contributed by atoms with Gasteiger partial charge in [0, 0.05) is 19.6 Å². The van der Waals surface area contributed by atoms with Gasteiger partial charge < -0.3 is 15.5 Å². The summed E-state index contributed by atoms with van der Waals surface area (Å²) < 4.78 is 0. The van der Waals surface area contributed by atoms with E-state index >= 15 is 0 Å². The second kappa shape index (κ2) is 6.92. The number of halogens is 2. The summed E-state index contributed by atoms with van der Waals surface area (Å²) >= 11 is 11.8. The molecule has 0 bridgehead atoms. The van der Waals surface area contributed by atoms with Crippen LogP contribution >= 0.6 is 23.2 Å². The molecule has 1 heterocycles. The Kier molecular flexibility index (Phi) is 5.23. The molecule has 1 aliphatic heterocycles. The second-order valence-electron chi connectivity index (χ2n) is 4.45. The van der Waals surface area contributed by atoms with Crippen LogP contribution in [0.25, 0.3) is 0 Å². The molecule has 0 aromatic heterocycles. The van der Waals surface area contributed by atoms with Crippen molar-refractivity contribution in [2.75, 3.05) is 31.5 Å². The van der Waals surface area contributed by atoms with Crippen LogP contribution in [-0.2, 0) is 9.59 Å². The topological polar surface area (TPSA) is 61.4 Å². The highest BCUT2D eigenvalue weighted by atomic mass is 35.5. The maximum atomic E-state index is 12.1. The van der Waals surface area contributed by atoms with Crippen molar-refractivity contribution < 1.29 is 9.59 Å². The number of amides is 2. The molecule has 2 rings (SSSR count). The Hall–Kier alpha value is -1.30. The fourth-order valence-corrected chi connectivity index (χ4v) is 2.32. The third kappa shape index (κ3) is 3.62. The third-order valence-corrected chi connectivity index (χ3v) is 3.84. The molecule has 7 heteroatoms. The zero-order valence-electron chi connectivity index (χ0n) is 10.8. The zero-order valence-corrected chi connectivity index (χ0v) is 12.3. The van der Waals surface area contributed by atoms with E-state index in [0.717, 1.165) is 13.0 Å². The van der Waals surface area contributed by atoms with Crippen LogP contribution in [0, 0.1) is 0 Å². The summed E-state index contributed by atoms with van der Waals surface area (Å²) in [5, 5.41) is 6.23. The smallest absolute Gasteiger partial charge is 0.313 e. The van der Waals surface area contributed by atoms with Crippen LogP contribution in [0.1, 0.15) is 6.42 Å². The van der Waals surface area contributed by atoms with Gasteiger partial charge in [-0.25, -0.2) is 0 Å². The summed E-state index contributed by atoms with van der Waals surface area (Å²) in [5.74, 6) is -1.25. The predicted molar refractivity (Wildman–Crippen MR) is 79.2 cm³/mol. The van der Waals surface area contributed by atoms with Gasteiger partial charge in [-0.2, -0.15) is 0 Å². The number of hydrogen-bond acceptors (Lipinski definition) is 3. The van der Waals surface area contributed by atoms with Gasteiger partial charge >= 0.3 is 11.8 Å². The summed E-state index contributed by atoms with van der Waals surface area (Å²) in [6.45, 7) is 2.64. The lowest BCUT2D eigenvalue weighted by Gasteiger charge is -2.19. The molecule has 1 aromatic rings. The molecule has 0 atom stereocenters. The minimum Gasteiger partial charge on any atom is -0.333 e. The molecule has 5 nitrogen and oxygen atoms in total. The lowest BCUT2D eigenvalue weighted by Crippen LogP contribution is -2.41. The van der Waals surface area contributed by atoms with Gasteiger partial charge in [-0.3, -0.25) is 9.59 Å². The molecule has 0 radical (unpaired) electrons. The van der Waals surface area contributed by atoms with Crippen molar-refractivity contribution in [3.8, 4) is 0 Å². The van der Waals surface area contributed by atoms with E-state index < -0.39 is 11.8 Å². The molecular formula is C13H15Cl2N3O2. The highest BCUT2D eigenvalue weighted by molar-refractivity contribution is 6.45. The van der Waals surface area contributed by atoms with Crippen LogP contribution in [0.3, 0.4) is 0 Å². The van der Waals surface area contributed by atoms with Crippen molar-refractivity contribution in [3.63, 3.8) is 0 Å². The highest BCUT2D eigenvalue weighted by Crippen LogP contribution is 2.29. The molecule has 2 amide bonds. The highest BCUT2D eigenvalue weighted by Gasteiger charge is 2.23.